The van der Waals surface area contributed by atoms with Gasteiger partial charge in [-0.15, -0.1) is 0 Å². The Bertz CT molecular complexity index is 833. The number of thioether (sulfide) groups is 1. The van der Waals surface area contributed by atoms with E-state index in [1.807, 2.05) is 30.5 Å². The molecule has 2 amide bonds. The third-order valence-corrected chi connectivity index (χ3v) is 5.25. The van der Waals surface area contributed by atoms with E-state index in [0.717, 1.165) is 11.3 Å². The van der Waals surface area contributed by atoms with E-state index >= 15 is 0 Å². The van der Waals surface area contributed by atoms with Crippen LogP contribution in [0.5, 0.6) is 5.75 Å². The van der Waals surface area contributed by atoms with Gasteiger partial charge in [0.1, 0.15) is 11.8 Å². The van der Waals surface area contributed by atoms with Crippen LogP contribution in [0.4, 0.5) is 0 Å². The molecule has 5 nitrogen and oxygen atoms in total. The molecule has 0 fully saturated rings. The fourth-order valence-corrected chi connectivity index (χ4v) is 3.53. The number of benzene rings is 2. The number of ether oxygens (including phenoxy) is 1. The lowest BCUT2D eigenvalue weighted by Gasteiger charge is -2.19. The second-order valence-corrected chi connectivity index (χ2v) is 7.79. The first-order chi connectivity index (χ1) is 13.5. The van der Waals surface area contributed by atoms with Gasteiger partial charge in [-0.3, -0.25) is 9.59 Å². The molecule has 2 N–H and O–H groups in total. The number of para-hydroxylation sites is 1. The fraction of sp³-hybridized carbons (Fsp3) is 0.300. The maximum absolute atomic E-state index is 12.7. The lowest BCUT2D eigenvalue weighted by Crippen LogP contribution is -2.47. The van der Waals surface area contributed by atoms with Gasteiger partial charge < -0.3 is 15.4 Å². The monoisotopic (exact) mass is 440 g/mol. The zero-order valence-electron chi connectivity index (χ0n) is 15.6. The Kier molecular flexibility index (Phi) is 8.96. The summed E-state index contributed by atoms with van der Waals surface area (Å²) in [6, 6.07) is 11.4. The highest BCUT2D eigenvalue weighted by molar-refractivity contribution is 7.98. The minimum atomic E-state index is -0.679. The van der Waals surface area contributed by atoms with Crippen molar-refractivity contribution in [3.63, 3.8) is 0 Å². The van der Waals surface area contributed by atoms with Crippen molar-refractivity contribution >= 4 is 46.8 Å². The maximum Gasteiger partial charge on any atom is 0.253 e. The quantitative estimate of drug-likeness (QED) is 0.613. The van der Waals surface area contributed by atoms with E-state index < -0.39 is 11.9 Å². The molecule has 2 aromatic carbocycles. The summed E-state index contributed by atoms with van der Waals surface area (Å²) < 4.78 is 5.30. The molecule has 0 aliphatic heterocycles. The van der Waals surface area contributed by atoms with Crippen LogP contribution in [0.1, 0.15) is 22.3 Å². The van der Waals surface area contributed by atoms with E-state index in [-0.39, 0.29) is 16.5 Å². The lowest BCUT2D eigenvalue weighted by atomic mass is 10.1. The highest BCUT2D eigenvalue weighted by atomic mass is 35.5. The molecule has 0 spiro atoms. The van der Waals surface area contributed by atoms with Gasteiger partial charge in [0.15, 0.2) is 0 Å². The first kappa shape index (κ1) is 22.4. The average Bonchev–Trinajstić information content (AvgIpc) is 2.69. The summed E-state index contributed by atoms with van der Waals surface area (Å²) in [7, 11) is 1.58. The second kappa shape index (κ2) is 11.2. The van der Waals surface area contributed by atoms with Crippen molar-refractivity contribution in [1.29, 1.82) is 0 Å². The number of rotatable bonds is 9. The molecular formula is C20H22Cl2N2O3S. The van der Waals surface area contributed by atoms with Gasteiger partial charge in [-0.25, -0.2) is 0 Å². The van der Waals surface area contributed by atoms with Crippen LogP contribution < -0.4 is 15.4 Å². The minimum Gasteiger partial charge on any atom is -0.496 e. The SMILES string of the molecule is COc1ccccc1CNC(=O)C(CCSC)NC(=O)c1ccc(Cl)cc1Cl. The third kappa shape index (κ3) is 6.33. The Balaban J connectivity index is 2.06. The number of hydrogen-bond donors (Lipinski definition) is 2. The van der Waals surface area contributed by atoms with E-state index in [0.29, 0.717) is 23.7 Å². The van der Waals surface area contributed by atoms with E-state index in [2.05, 4.69) is 10.6 Å². The van der Waals surface area contributed by atoms with Gasteiger partial charge >= 0.3 is 0 Å². The fourth-order valence-electron chi connectivity index (χ4n) is 2.57. The molecule has 2 rings (SSSR count). The van der Waals surface area contributed by atoms with Gasteiger partial charge in [0.25, 0.3) is 5.91 Å². The van der Waals surface area contributed by atoms with Crippen LogP contribution in [0.2, 0.25) is 10.0 Å². The van der Waals surface area contributed by atoms with Gasteiger partial charge in [0, 0.05) is 17.1 Å². The molecule has 0 aromatic heterocycles. The van der Waals surface area contributed by atoms with Crippen molar-refractivity contribution < 1.29 is 14.3 Å². The molecule has 0 aliphatic rings. The van der Waals surface area contributed by atoms with Gasteiger partial charge in [0.2, 0.25) is 5.91 Å². The second-order valence-electron chi connectivity index (χ2n) is 5.96. The summed E-state index contributed by atoms with van der Waals surface area (Å²) >= 11 is 13.6. The number of amides is 2. The summed E-state index contributed by atoms with van der Waals surface area (Å²) in [5.74, 6) is 0.737. The molecule has 0 aliphatic carbocycles. The van der Waals surface area contributed by atoms with Crippen molar-refractivity contribution in [2.24, 2.45) is 0 Å². The van der Waals surface area contributed by atoms with E-state index in [1.54, 1.807) is 31.0 Å². The third-order valence-electron chi connectivity index (χ3n) is 4.05. The van der Waals surface area contributed by atoms with Crippen LogP contribution >= 0.6 is 35.0 Å². The molecular weight excluding hydrogens is 419 g/mol. The number of halogens is 2. The van der Waals surface area contributed by atoms with Gasteiger partial charge in [-0.05, 0) is 42.7 Å². The molecule has 2 aromatic rings. The molecule has 0 heterocycles. The predicted octanol–water partition coefficient (Wildman–Crippen LogP) is 4.17. The number of methoxy groups -OCH3 is 1. The Morgan fingerprint density at radius 2 is 1.93 bits per heavy atom. The van der Waals surface area contributed by atoms with Crippen LogP contribution in [-0.2, 0) is 11.3 Å². The van der Waals surface area contributed by atoms with E-state index in [4.69, 9.17) is 27.9 Å². The Morgan fingerprint density at radius 3 is 2.61 bits per heavy atom. The number of hydrogen-bond acceptors (Lipinski definition) is 4. The molecule has 1 atom stereocenters. The highest BCUT2D eigenvalue weighted by Crippen LogP contribution is 2.21. The zero-order chi connectivity index (χ0) is 20.5. The Labute approximate surface area is 179 Å². The summed E-state index contributed by atoms with van der Waals surface area (Å²) in [5.41, 5.74) is 1.13. The lowest BCUT2D eigenvalue weighted by molar-refractivity contribution is -0.123. The minimum absolute atomic E-state index is 0.239. The molecule has 28 heavy (non-hydrogen) atoms. The first-order valence-electron chi connectivity index (χ1n) is 8.60. The van der Waals surface area contributed by atoms with Gasteiger partial charge in [-0.2, -0.15) is 11.8 Å². The van der Waals surface area contributed by atoms with Crippen LogP contribution in [-0.4, -0.2) is 37.0 Å². The van der Waals surface area contributed by atoms with Crippen LogP contribution in [0.3, 0.4) is 0 Å². The first-order valence-corrected chi connectivity index (χ1v) is 10.8. The summed E-state index contributed by atoms with van der Waals surface area (Å²) in [5, 5.41) is 6.31. The summed E-state index contributed by atoms with van der Waals surface area (Å²) in [6.07, 6.45) is 2.44. The van der Waals surface area contributed by atoms with Crippen LogP contribution in [0.15, 0.2) is 42.5 Å². The number of carbonyl (C=O) groups excluding carboxylic acids is 2. The van der Waals surface area contributed by atoms with Crippen molar-refractivity contribution in [3.8, 4) is 5.75 Å². The summed E-state index contributed by atoms with van der Waals surface area (Å²) in [4.78, 5) is 25.3. The smallest absolute Gasteiger partial charge is 0.253 e. The maximum atomic E-state index is 12.7. The van der Waals surface area contributed by atoms with Crippen LogP contribution in [0.25, 0.3) is 0 Å². The highest BCUT2D eigenvalue weighted by Gasteiger charge is 2.22. The standard InChI is InChI=1S/C20H22Cl2N2O3S/c1-27-18-6-4-3-5-13(18)12-23-20(26)17(9-10-28-2)24-19(25)15-8-7-14(21)11-16(15)22/h3-8,11,17H,9-10,12H2,1-2H3,(H,23,26)(H,24,25). The van der Waals surface area contributed by atoms with E-state index in [9.17, 15) is 9.59 Å². The molecule has 1 unspecified atom stereocenters. The van der Waals surface area contributed by atoms with Crippen molar-refractivity contribution in [2.45, 2.75) is 19.0 Å². The molecule has 150 valence electrons. The summed E-state index contributed by atoms with van der Waals surface area (Å²) in [6.45, 7) is 0.302. The van der Waals surface area contributed by atoms with Gasteiger partial charge in [-0.1, -0.05) is 41.4 Å². The predicted molar refractivity (Wildman–Crippen MR) is 116 cm³/mol. The largest absolute Gasteiger partial charge is 0.496 e. The van der Waals surface area contributed by atoms with Crippen molar-refractivity contribution in [2.75, 3.05) is 19.1 Å². The Morgan fingerprint density at radius 1 is 1.18 bits per heavy atom. The Hall–Kier alpha value is -1.89. The van der Waals surface area contributed by atoms with Crippen molar-refractivity contribution in [1.82, 2.24) is 10.6 Å². The molecule has 8 heteroatoms. The normalized spacial score (nSPS) is 11.6. The molecule has 0 saturated carbocycles. The molecule has 0 radical (unpaired) electrons. The average molecular weight is 441 g/mol. The van der Waals surface area contributed by atoms with Gasteiger partial charge in [0.05, 0.1) is 17.7 Å². The zero-order valence-corrected chi connectivity index (χ0v) is 18.0. The van der Waals surface area contributed by atoms with E-state index in [1.165, 1.54) is 6.07 Å². The number of carbonyl (C=O) groups is 2. The van der Waals surface area contributed by atoms with Crippen LogP contribution in [0, 0.1) is 0 Å². The number of nitrogens with one attached hydrogen (secondary N) is 2. The topological polar surface area (TPSA) is 67.4 Å². The molecule has 0 bridgehead atoms. The van der Waals surface area contributed by atoms with Crippen molar-refractivity contribution in [3.05, 3.63) is 63.6 Å². The molecule has 0 saturated heterocycles.